The van der Waals surface area contributed by atoms with E-state index in [-0.39, 0.29) is 18.0 Å². The van der Waals surface area contributed by atoms with Gasteiger partial charge in [-0.15, -0.1) is 0 Å². The predicted octanol–water partition coefficient (Wildman–Crippen LogP) is 2.85. The van der Waals surface area contributed by atoms with Crippen molar-refractivity contribution in [2.45, 2.75) is 19.9 Å². The molecule has 0 bridgehead atoms. The van der Waals surface area contributed by atoms with Crippen LogP contribution in [0.15, 0.2) is 65.7 Å². The molecule has 0 saturated heterocycles. The van der Waals surface area contributed by atoms with Gasteiger partial charge in [-0.05, 0) is 30.2 Å². The molecule has 0 radical (unpaired) electrons. The van der Waals surface area contributed by atoms with Crippen molar-refractivity contribution in [1.29, 1.82) is 0 Å². The summed E-state index contributed by atoms with van der Waals surface area (Å²) in [5, 5.41) is 7.99. The van der Waals surface area contributed by atoms with E-state index in [0.29, 0.717) is 5.52 Å². The first-order valence-corrected chi connectivity index (χ1v) is 8.51. The zero-order valence-corrected chi connectivity index (χ0v) is 14.3. The first kappa shape index (κ1) is 16.1. The maximum absolute atomic E-state index is 12.7. The molecule has 2 aromatic carbocycles. The van der Waals surface area contributed by atoms with Crippen LogP contribution in [0.2, 0.25) is 0 Å². The summed E-state index contributed by atoms with van der Waals surface area (Å²) in [5.74, 6) is -0.277. The Balaban J connectivity index is 1.65. The number of fused-ring (bicyclic) bond motifs is 3. The van der Waals surface area contributed by atoms with Gasteiger partial charge in [-0.25, -0.2) is 4.68 Å². The molecular weight excluding hydrogens is 328 g/mol. The van der Waals surface area contributed by atoms with Crippen molar-refractivity contribution < 1.29 is 4.79 Å². The van der Waals surface area contributed by atoms with Crippen LogP contribution in [-0.2, 0) is 17.8 Å². The summed E-state index contributed by atoms with van der Waals surface area (Å²) < 4.78 is 2.94. The van der Waals surface area contributed by atoms with Gasteiger partial charge in [-0.2, -0.15) is 5.10 Å². The number of carbonyl (C=O) groups is 1. The number of nitrogens with one attached hydrogen (secondary N) is 1. The Morgan fingerprint density at radius 1 is 1.08 bits per heavy atom. The van der Waals surface area contributed by atoms with Crippen molar-refractivity contribution in [1.82, 2.24) is 14.2 Å². The van der Waals surface area contributed by atoms with Crippen LogP contribution >= 0.6 is 0 Å². The summed E-state index contributed by atoms with van der Waals surface area (Å²) in [6, 6.07) is 17.2. The van der Waals surface area contributed by atoms with E-state index in [1.165, 1.54) is 4.68 Å². The van der Waals surface area contributed by atoms with Crippen molar-refractivity contribution in [3.05, 3.63) is 76.8 Å². The predicted molar refractivity (Wildman–Crippen MR) is 101 cm³/mol. The van der Waals surface area contributed by atoms with Crippen LogP contribution in [0.25, 0.3) is 16.4 Å². The van der Waals surface area contributed by atoms with Gasteiger partial charge in [-0.3, -0.25) is 14.0 Å². The molecule has 2 aromatic heterocycles. The zero-order valence-electron chi connectivity index (χ0n) is 14.3. The maximum atomic E-state index is 12.7. The fraction of sp³-hybridized carbons (Fsp3) is 0.150. The number of rotatable bonds is 4. The van der Waals surface area contributed by atoms with Crippen molar-refractivity contribution in [3.63, 3.8) is 0 Å². The van der Waals surface area contributed by atoms with Gasteiger partial charge in [-0.1, -0.05) is 43.3 Å². The monoisotopic (exact) mass is 346 g/mol. The zero-order chi connectivity index (χ0) is 18.1. The topological polar surface area (TPSA) is 68.4 Å². The molecule has 4 aromatic rings. The Hall–Kier alpha value is -3.41. The Morgan fingerprint density at radius 3 is 2.69 bits per heavy atom. The molecule has 26 heavy (non-hydrogen) atoms. The second-order valence-corrected chi connectivity index (χ2v) is 6.11. The third-order valence-corrected chi connectivity index (χ3v) is 4.47. The molecule has 6 nitrogen and oxygen atoms in total. The molecule has 0 unspecified atom stereocenters. The largest absolute Gasteiger partial charge is 0.324 e. The number of aromatic nitrogens is 3. The highest BCUT2D eigenvalue weighted by atomic mass is 16.2. The van der Waals surface area contributed by atoms with Gasteiger partial charge in [0.05, 0.1) is 5.52 Å². The molecule has 0 atom stereocenters. The second-order valence-electron chi connectivity index (χ2n) is 6.11. The van der Waals surface area contributed by atoms with Crippen molar-refractivity contribution >= 4 is 28.0 Å². The van der Waals surface area contributed by atoms with Crippen LogP contribution in [-0.4, -0.2) is 20.1 Å². The lowest BCUT2D eigenvalue weighted by molar-refractivity contribution is -0.117. The van der Waals surface area contributed by atoms with Gasteiger partial charge >= 0.3 is 0 Å². The van der Waals surface area contributed by atoms with Crippen molar-refractivity contribution in [2.75, 3.05) is 5.32 Å². The Bertz CT molecular complexity index is 1170. The number of para-hydroxylation sites is 2. The number of hydrogen-bond donors (Lipinski definition) is 1. The van der Waals surface area contributed by atoms with Gasteiger partial charge < -0.3 is 5.32 Å². The number of amides is 1. The second kappa shape index (κ2) is 6.48. The van der Waals surface area contributed by atoms with Crippen LogP contribution in [0, 0.1) is 0 Å². The number of aryl methyl sites for hydroxylation is 1. The first-order valence-electron chi connectivity index (χ1n) is 8.51. The first-order chi connectivity index (χ1) is 12.7. The fourth-order valence-corrected chi connectivity index (χ4v) is 3.15. The van der Waals surface area contributed by atoms with Crippen LogP contribution in [0.3, 0.4) is 0 Å². The van der Waals surface area contributed by atoms with E-state index in [2.05, 4.69) is 10.4 Å². The quantitative estimate of drug-likeness (QED) is 0.618. The van der Waals surface area contributed by atoms with E-state index >= 15 is 0 Å². The minimum absolute atomic E-state index is 0.130. The number of hydrogen-bond acceptors (Lipinski definition) is 3. The highest BCUT2D eigenvalue weighted by molar-refractivity contribution is 5.91. The van der Waals surface area contributed by atoms with Gasteiger partial charge in [0.2, 0.25) is 5.91 Å². The Morgan fingerprint density at radius 2 is 1.85 bits per heavy atom. The number of nitrogens with zero attached hydrogens (tertiary/aromatic N) is 3. The molecule has 0 spiro atoms. The van der Waals surface area contributed by atoms with Crippen molar-refractivity contribution in [3.8, 4) is 0 Å². The molecule has 4 rings (SSSR count). The van der Waals surface area contributed by atoms with E-state index in [4.69, 9.17) is 0 Å². The van der Waals surface area contributed by atoms with E-state index < -0.39 is 0 Å². The molecule has 0 aliphatic rings. The fourth-order valence-electron chi connectivity index (χ4n) is 3.15. The third kappa shape index (κ3) is 2.75. The van der Waals surface area contributed by atoms with Gasteiger partial charge in [0.1, 0.15) is 18.4 Å². The van der Waals surface area contributed by atoms with Crippen LogP contribution in [0.1, 0.15) is 12.5 Å². The molecule has 1 amide bonds. The summed E-state index contributed by atoms with van der Waals surface area (Å²) in [6.45, 7) is 1.90. The lowest BCUT2D eigenvalue weighted by atomic mass is 10.1. The summed E-state index contributed by atoms with van der Waals surface area (Å²) in [4.78, 5) is 25.1. The molecule has 0 aliphatic heterocycles. The number of carbonyl (C=O) groups excluding carboxylic acids is 1. The maximum Gasteiger partial charge on any atom is 0.291 e. The van der Waals surface area contributed by atoms with Gasteiger partial charge in [0.25, 0.3) is 5.56 Å². The van der Waals surface area contributed by atoms with Gasteiger partial charge in [0, 0.05) is 11.1 Å². The summed E-state index contributed by atoms with van der Waals surface area (Å²) >= 11 is 0. The van der Waals surface area contributed by atoms with Crippen molar-refractivity contribution in [2.24, 2.45) is 0 Å². The SMILES string of the molecule is CCc1ccccc1NC(=O)Cn1ncn2c(cc3ccccc32)c1=O. The van der Waals surface area contributed by atoms with Crippen LogP contribution in [0.5, 0.6) is 0 Å². The highest BCUT2D eigenvalue weighted by Crippen LogP contribution is 2.17. The third-order valence-electron chi connectivity index (χ3n) is 4.47. The van der Waals surface area contributed by atoms with E-state index in [0.717, 1.165) is 28.6 Å². The summed E-state index contributed by atoms with van der Waals surface area (Å²) in [5.41, 5.74) is 2.95. The standard InChI is InChI=1S/C20H18N4O2/c1-2-14-7-3-5-9-16(14)22-19(25)12-24-20(26)18-11-15-8-4-6-10-17(15)23(18)13-21-24/h3-11,13H,2,12H2,1H3,(H,22,25). The molecular formula is C20H18N4O2. The smallest absolute Gasteiger partial charge is 0.291 e. The molecule has 6 heteroatoms. The lowest BCUT2D eigenvalue weighted by Gasteiger charge is -2.10. The molecule has 0 aliphatic carbocycles. The number of anilines is 1. The van der Waals surface area contributed by atoms with E-state index in [9.17, 15) is 9.59 Å². The number of benzene rings is 2. The van der Waals surface area contributed by atoms with Crippen LogP contribution in [0.4, 0.5) is 5.69 Å². The molecule has 0 saturated carbocycles. The summed E-state index contributed by atoms with van der Waals surface area (Å²) in [6.07, 6.45) is 2.39. The van der Waals surface area contributed by atoms with E-state index in [1.807, 2.05) is 61.5 Å². The Labute approximate surface area is 149 Å². The minimum atomic E-state index is -0.289. The average Bonchev–Trinajstić information content (AvgIpc) is 3.04. The molecule has 0 fully saturated rings. The normalized spacial score (nSPS) is 11.1. The minimum Gasteiger partial charge on any atom is -0.324 e. The Kier molecular flexibility index (Phi) is 4.01. The van der Waals surface area contributed by atoms with E-state index in [1.54, 1.807) is 10.7 Å². The lowest BCUT2D eigenvalue weighted by Crippen LogP contribution is -2.30. The molecule has 2 heterocycles. The molecule has 1 N–H and O–H groups in total. The summed E-state index contributed by atoms with van der Waals surface area (Å²) in [7, 11) is 0. The average molecular weight is 346 g/mol. The highest BCUT2D eigenvalue weighted by Gasteiger charge is 2.12. The van der Waals surface area contributed by atoms with Crippen LogP contribution < -0.4 is 10.9 Å². The molecule has 130 valence electrons. The van der Waals surface area contributed by atoms with Gasteiger partial charge in [0.15, 0.2) is 0 Å².